The zero-order valence-electron chi connectivity index (χ0n) is 10.6. The fourth-order valence-electron chi connectivity index (χ4n) is 1.80. The van der Waals surface area contributed by atoms with Gasteiger partial charge in [0.1, 0.15) is 0 Å². The van der Waals surface area contributed by atoms with E-state index in [-0.39, 0.29) is 12.0 Å². The maximum atomic E-state index is 11.3. The summed E-state index contributed by atoms with van der Waals surface area (Å²) in [6.07, 6.45) is 0.535. The van der Waals surface area contributed by atoms with Crippen LogP contribution in [0.5, 0.6) is 5.75 Å². The Bertz CT molecular complexity index is 433. The van der Waals surface area contributed by atoms with Crippen molar-refractivity contribution in [2.75, 3.05) is 30.3 Å². The van der Waals surface area contributed by atoms with Gasteiger partial charge in [-0.25, -0.2) is 0 Å². The predicted molar refractivity (Wildman–Crippen MR) is 72.1 cm³/mol. The first kappa shape index (κ1) is 12.9. The summed E-state index contributed by atoms with van der Waals surface area (Å²) >= 11 is 1.32. The number of ether oxygens (including phenoxy) is 1. The summed E-state index contributed by atoms with van der Waals surface area (Å²) in [4.78, 5) is 13.4. The molecule has 1 fully saturated rings. The number of amides is 1. The number of carbonyl (C=O) groups is 1. The van der Waals surface area contributed by atoms with E-state index in [1.807, 2.05) is 13.8 Å². The van der Waals surface area contributed by atoms with Crippen molar-refractivity contribution in [3.8, 4) is 5.75 Å². The first-order chi connectivity index (χ1) is 8.58. The van der Waals surface area contributed by atoms with Crippen LogP contribution in [0.3, 0.4) is 0 Å². The largest absolute Gasteiger partial charge is 0.484 e. The van der Waals surface area contributed by atoms with Crippen molar-refractivity contribution >= 4 is 28.3 Å². The number of hydrogen-bond acceptors (Lipinski definition) is 6. The lowest BCUT2D eigenvalue weighted by atomic mass is 10.3. The van der Waals surface area contributed by atoms with Gasteiger partial charge in [-0.15, -0.1) is 0 Å². The molecule has 0 bridgehead atoms. The fraction of sp³-hybridized carbons (Fsp3) is 0.636. The Morgan fingerprint density at radius 3 is 3.00 bits per heavy atom. The standard InChI is InChI=1S/C11H18N4O2S/c1-7(2)17-9-10(12)14-18-11(9)15-5-3-8(16)13-4-6-15/h7H,3-6H2,1-2H3,(H2,12,14)(H,13,16). The molecule has 6 nitrogen and oxygen atoms in total. The number of anilines is 2. The number of rotatable bonds is 3. The van der Waals surface area contributed by atoms with Crippen LogP contribution in [0, 0.1) is 0 Å². The third-order valence-electron chi connectivity index (χ3n) is 2.61. The minimum Gasteiger partial charge on any atom is -0.484 e. The van der Waals surface area contributed by atoms with Crippen molar-refractivity contribution in [2.45, 2.75) is 26.4 Å². The van der Waals surface area contributed by atoms with E-state index in [2.05, 4.69) is 14.6 Å². The van der Waals surface area contributed by atoms with Gasteiger partial charge in [-0.1, -0.05) is 0 Å². The highest BCUT2D eigenvalue weighted by molar-refractivity contribution is 7.11. The Kier molecular flexibility index (Phi) is 3.90. The third-order valence-corrected chi connectivity index (χ3v) is 3.52. The zero-order valence-corrected chi connectivity index (χ0v) is 11.4. The molecule has 0 spiro atoms. The summed E-state index contributed by atoms with van der Waals surface area (Å²) in [6, 6.07) is 0. The Morgan fingerprint density at radius 2 is 2.28 bits per heavy atom. The van der Waals surface area contributed by atoms with Crippen molar-refractivity contribution < 1.29 is 9.53 Å². The summed E-state index contributed by atoms with van der Waals surface area (Å²) in [6.45, 7) is 5.96. The van der Waals surface area contributed by atoms with Crippen molar-refractivity contribution in [1.29, 1.82) is 0 Å². The van der Waals surface area contributed by atoms with Gasteiger partial charge in [0.15, 0.2) is 16.6 Å². The van der Waals surface area contributed by atoms with Crippen molar-refractivity contribution in [2.24, 2.45) is 0 Å². The lowest BCUT2D eigenvalue weighted by Gasteiger charge is -2.21. The SMILES string of the molecule is CC(C)Oc1c(N)nsc1N1CCNC(=O)CC1. The average molecular weight is 270 g/mol. The molecule has 1 aromatic heterocycles. The van der Waals surface area contributed by atoms with E-state index in [1.54, 1.807) is 0 Å². The van der Waals surface area contributed by atoms with Crippen molar-refractivity contribution in [1.82, 2.24) is 9.69 Å². The normalized spacial score (nSPS) is 16.6. The first-order valence-corrected chi connectivity index (χ1v) is 6.78. The van der Waals surface area contributed by atoms with Crippen molar-refractivity contribution in [3.63, 3.8) is 0 Å². The lowest BCUT2D eigenvalue weighted by Crippen LogP contribution is -2.28. The number of nitrogens with two attached hydrogens (primary N) is 1. The molecule has 2 rings (SSSR count). The number of carbonyl (C=O) groups excluding carboxylic acids is 1. The molecule has 7 heteroatoms. The molecule has 1 saturated heterocycles. The van der Waals surface area contributed by atoms with Crippen LogP contribution in [0.2, 0.25) is 0 Å². The van der Waals surface area contributed by atoms with Crippen LogP contribution in [-0.4, -0.2) is 36.0 Å². The summed E-state index contributed by atoms with van der Waals surface area (Å²) in [5.74, 6) is 1.15. The second-order valence-electron chi connectivity index (χ2n) is 4.46. The summed E-state index contributed by atoms with van der Waals surface area (Å²) < 4.78 is 9.85. The molecule has 1 aromatic rings. The van der Waals surface area contributed by atoms with E-state index < -0.39 is 0 Å². The van der Waals surface area contributed by atoms with E-state index in [0.29, 0.717) is 31.1 Å². The lowest BCUT2D eigenvalue weighted by molar-refractivity contribution is -0.120. The van der Waals surface area contributed by atoms with E-state index in [4.69, 9.17) is 10.5 Å². The Balaban J connectivity index is 2.19. The summed E-state index contributed by atoms with van der Waals surface area (Å²) in [5.41, 5.74) is 5.83. The molecule has 0 aromatic carbocycles. The van der Waals surface area contributed by atoms with Gasteiger partial charge in [-0.2, -0.15) is 4.37 Å². The van der Waals surface area contributed by atoms with Crippen LogP contribution in [0.1, 0.15) is 20.3 Å². The van der Waals surface area contributed by atoms with E-state index in [9.17, 15) is 4.79 Å². The molecule has 3 N–H and O–H groups in total. The second-order valence-corrected chi connectivity index (χ2v) is 5.21. The predicted octanol–water partition coefficient (Wildman–Crippen LogP) is 0.839. The highest BCUT2D eigenvalue weighted by atomic mass is 32.1. The van der Waals surface area contributed by atoms with E-state index in [1.165, 1.54) is 11.5 Å². The Morgan fingerprint density at radius 1 is 1.50 bits per heavy atom. The molecule has 0 saturated carbocycles. The van der Waals surface area contributed by atoms with Gasteiger partial charge in [0, 0.05) is 26.1 Å². The Hall–Kier alpha value is -1.50. The molecule has 0 radical (unpaired) electrons. The molecular weight excluding hydrogens is 252 g/mol. The van der Waals surface area contributed by atoms with Gasteiger partial charge in [0.25, 0.3) is 0 Å². The van der Waals surface area contributed by atoms with Gasteiger partial charge in [-0.05, 0) is 25.4 Å². The molecule has 0 atom stereocenters. The van der Waals surface area contributed by atoms with Crippen molar-refractivity contribution in [3.05, 3.63) is 0 Å². The molecule has 0 unspecified atom stereocenters. The average Bonchev–Trinajstić information content (AvgIpc) is 2.53. The second kappa shape index (κ2) is 5.43. The van der Waals surface area contributed by atoms with Crippen LogP contribution in [0.4, 0.5) is 10.8 Å². The van der Waals surface area contributed by atoms with Gasteiger partial charge < -0.3 is 20.7 Å². The number of nitrogen functional groups attached to an aromatic ring is 1. The number of aromatic nitrogens is 1. The van der Waals surface area contributed by atoms with Crippen LogP contribution in [0.15, 0.2) is 0 Å². The number of hydrogen-bond donors (Lipinski definition) is 2. The maximum Gasteiger partial charge on any atom is 0.221 e. The third kappa shape index (κ3) is 2.84. The van der Waals surface area contributed by atoms with Crippen LogP contribution in [0.25, 0.3) is 0 Å². The Labute approximate surface area is 110 Å². The van der Waals surface area contributed by atoms with Crippen LogP contribution < -0.4 is 20.7 Å². The number of nitrogens with zero attached hydrogens (tertiary/aromatic N) is 2. The fourth-order valence-corrected chi connectivity index (χ4v) is 2.60. The highest BCUT2D eigenvalue weighted by Gasteiger charge is 2.22. The van der Waals surface area contributed by atoms with E-state index >= 15 is 0 Å². The van der Waals surface area contributed by atoms with E-state index in [0.717, 1.165) is 11.5 Å². The molecule has 1 aliphatic rings. The minimum atomic E-state index is 0.0502. The van der Waals surface area contributed by atoms with Gasteiger partial charge in [-0.3, -0.25) is 4.79 Å². The monoisotopic (exact) mass is 270 g/mol. The summed E-state index contributed by atoms with van der Waals surface area (Å²) in [7, 11) is 0. The van der Waals surface area contributed by atoms with Gasteiger partial charge in [0.05, 0.1) is 6.10 Å². The van der Waals surface area contributed by atoms with Gasteiger partial charge in [0.2, 0.25) is 5.91 Å². The zero-order chi connectivity index (χ0) is 13.1. The molecule has 18 heavy (non-hydrogen) atoms. The quantitative estimate of drug-likeness (QED) is 0.850. The molecule has 2 heterocycles. The van der Waals surface area contributed by atoms with Crippen LogP contribution >= 0.6 is 11.5 Å². The smallest absolute Gasteiger partial charge is 0.221 e. The maximum absolute atomic E-state index is 11.3. The molecule has 1 amide bonds. The first-order valence-electron chi connectivity index (χ1n) is 6.01. The minimum absolute atomic E-state index is 0.0502. The highest BCUT2D eigenvalue weighted by Crippen LogP contribution is 2.39. The van der Waals surface area contributed by atoms with Crippen LogP contribution in [-0.2, 0) is 4.79 Å². The molecule has 100 valence electrons. The number of nitrogens with one attached hydrogen (secondary N) is 1. The van der Waals surface area contributed by atoms with Gasteiger partial charge >= 0.3 is 0 Å². The topological polar surface area (TPSA) is 80.5 Å². The molecular formula is C11H18N4O2S. The molecule has 1 aliphatic heterocycles. The summed E-state index contributed by atoms with van der Waals surface area (Å²) in [5, 5.41) is 3.76. The molecule has 0 aliphatic carbocycles.